The minimum atomic E-state index is -0.395. The zero-order valence-corrected chi connectivity index (χ0v) is 12.0. The number of aromatic nitrogens is 2. The molecule has 0 aromatic carbocycles. The quantitative estimate of drug-likeness (QED) is 0.900. The molecule has 0 aliphatic heterocycles. The first kappa shape index (κ1) is 13.5. The monoisotopic (exact) mass is 337 g/mol. The highest BCUT2D eigenvalue weighted by molar-refractivity contribution is 9.10. The minimum Gasteiger partial charge on any atom is -0.331 e. The Morgan fingerprint density at radius 1 is 1.53 bits per heavy atom. The van der Waals surface area contributed by atoms with Gasteiger partial charge < -0.3 is 5.32 Å². The molecule has 0 atom stereocenters. The lowest BCUT2D eigenvalue weighted by Crippen LogP contribution is -2.28. The Bertz CT molecular complexity index is 623. The second kappa shape index (κ2) is 6.26. The molecule has 2 aromatic heterocycles. The maximum absolute atomic E-state index is 11.6. The number of nitrogens with zero attached hydrogens (tertiary/aromatic N) is 3. The van der Waals surface area contributed by atoms with Crippen molar-refractivity contribution in [1.29, 1.82) is 5.26 Å². The maximum atomic E-state index is 11.6. The van der Waals surface area contributed by atoms with Crippen molar-refractivity contribution in [1.82, 2.24) is 15.3 Å². The molecule has 0 saturated heterocycles. The first-order valence-electron chi connectivity index (χ1n) is 5.18. The standard InChI is InChI=1S/C11H8BrN5OS/c12-8-5-15-9(3-7(8)4-13)17-11(18)16-6-10-14-1-2-19-10/h1-3,5H,6H2,(H2,15,16,17,18). The van der Waals surface area contributed by atoms with E-state index >= 15 is 0 Å². The second-order valence-electron chi connectivity index (χ2n) is 3.39. The molecule has 0 fully saturated rings. The SMILES string of the molecule is N#Cc1cc(NC(=O)NCc2nccs2)ncc1Br. The van der Waals surface area contributed by atoms with E-state index in [0.29, 0.717) is 22.4 Å². The lowest BCUT2D eigenvalue weighted by atomic mass is 10.3. The summed E-state index contributed by atoms with van der Waals surface area (Å²) < 4.78 is 0.587. The number of pyridine rings is 1. The summed E-state index contributed by atoms with van der Waals surface area (Å²) in [5.41, 5.74) is 0.408. The van der Waals surface area contributed by atoms with E-state index in [2.05, 4.69) is 36.5 Å². The van der Waals surface area contributed by atoms with Crippen LogP contribution in [0.1, 0.15) is 10.6 Å². The lowest BCUT2D eigenvalue weighted by molar-refractivity contribution is 0.251. The highest BCUT2D eigenvalue weighted by Gasteiger charge is 2.06. The number of carbonyl (C=O) groups excluding carboxylic acids is 1. The number of halogens is 1. The lowest BCUT2D eigenvalue weighted by Gasteiger charge is -2.06. The molecule has 19 heavy (non-hydrogen) atoms. The Morgan fingerprint density at radius 3 is 3.05 bits per heavy atom. The zero-order chi connectivity index (χ0) is 13.7. The van der Waals surface area contributed by atoms with Crippen molar-refractivity contribution in [3.63, 3.8) is 0 Å². The van der Waals surface area contributed by atoms with E-state index in [-0.39, 0.29) is 0 Å². The van der Waals surface area contributed by atoms with Gasteiger partial charge in [-0.1, -0.05) is 0 Å². The molecule has 96 valence electrons. The summed E-state index contributed by atoms with van der Waals surface area (Å²) in [6.07, 6.45) is 3.14. The molecule has 6 nitrogen and oxygen atoms in total. The predicted octanol–water partition coefficient (Wildman–Crippen LogP) is 2.49. The fourth-order valence-electron chi connectivity index (χ4n) is 1.25. The number of nitriles is 1. The molecule has 0 saturated carbocycles. The van der Waals surface area contributed by atoms with E-state index in [4.69, 9.17) is 5.26 Å². The van der Waals surface area contributed by atoms with Crippen LogP contribution in [0.15, 0.2) is 28.3 Å². The van der Waals surface area contributed by atoms with Gasteiger partial charge in [0.1, 0.15) is 16.9 Å². The molecule has 2 aromatic rings. The van der Waals surface area contributed by atoms with E-state index in [1.54, 1.807) is 6.20 Å². The van der Waals surface area contributed by atoms with Crippen LogP contribution in [0.4, 0.5) is 10.6 Å². The van der Waals surface area contributed by atoms with Gasteiger partial charge in [-0.2, -0.15) is 5.26 Å². The summed E-state index contributed by atoms with van der Waals surface area (Å²) in [6, 6.07) is 3.09. The van der Waals surface area contributed by atoms with Gasteiger partial charge in [-0.3, -0.25) is 5.32 Å². The average Bonchev–Trinajstić information content (AvgIpc) is 2.92. The van der Waals surface area contributed by atoms with E-state index in [1.165, 1.54) is 23.6 Å². The summed E-state index contributed by atoms with van der Waals surface area (Å²) in [5.74, 6) is 0.316. The topological polar surface area (TPSA) is 90.7 Å². The van der Waals surface area contributed by atoms with Gasteiger partial charge in [0.2, 0.25) is 0 Å². The second-order valence-corrected chi connectivity index (χ2v) is 5.23. The number of carbonyl (C=O) groups is 1. The molecule has 8 heteroatoms. The van der Waals surface area contributed by atoms with E-state index in [9.17, 15) is 4.79 Å². The Balaban J connectivity index is 1.94. The van der Waals surface area contributed by atoms with Gasteiger partial charge in [0.15, 0.2) is 0 Å². The van der Waals surface area contributed by atoms with Gasteiger partial charge in [-0.25, -0.2) is 14.8 Å². The van der Waals surface area contributed by atoms with Crippen molar-refractivity contribution < 1.29 is 4.79 Å². The molecule has 0 aliphatic carbocycles. The highest BCUT2D eigenvalue weighted by atomic mass is 79.9. The van der Waals surface area contributed by atoms with Crippen LogP contribution in [0.25, 0.3) is 0 Å². The van der Waals surface area contributed by atoms with Crippen LogP contribution in [0.5, 0.6) is 0 Å². The highest BCUT2D eigenvalue weighted by Crippen LogP contribution is 2.17. The summed E-state index contributed by atoms with van der Waals surface area (Å²) in [5, 5.41) is 16.7. The van der Waals surface area contributed by atoms with Crippen LogP contribution in [0.2, 0.25) is 0 Å². The first-order chi connectivity index (χ1) is 9.19. The van der Waals surface area contributed by atoms with Crippen LogP contribution in [0, 0.1) is 11.3 Å². The summed E-state index contributed by atoms with van der Waals surface area (Å²) in [7, 11) is 0. The van der Waals surface area contributed by atoms with Gasteiger partial charge >= 0.3 is 6.03 Å². The Kier molecular flexibility index (Phi) is 4.43. The van der Waals surface area contributed by atoms with Crippen LogP contribution < -0.4 is 10.6 Å². The molecule has 0 unspecified atom stereocenters. The third-order valence-electron chi connectivity index (χ3n) is 2.10. The molecule has 0 radical (unpaired) electrons. The summed E-state index contributed by atoms with van der Waals surface area (Å²) >= 11 is 4.65. The number of rotatable bonds is 3. The van der Waals surface area contributed by atoms with Crippen molar-refractivity contribution in [2.75, 3.05) is 5.32 Å². The first-order valence-corrected chi connectivity index (χ1v) is 6.85. The number of hydrogen-bond acceptors (Lipinski definition) is 5. The molecule has 0 aliphatic rings. The van der Waals surface area contributed by atoms with E-state index in [0.717, 1.165) is 5.01 Å². The van der Waals surface area contributed by atoms with Crippen LogP contribution in [0.3, 0.4) is 0 Å². The van der Waals surface area contributed by atoms with Crippen LogP contribution in [-0.4, -0.2) is 16.0 Å². The van der Waals surface area contributed by atoms with Crippen LogP contribution >= 0.6 is 27.3 Å². The molecule has 2 N–H and O–H groups in total. The van der Waals surface area contributed by atoms with Gasteiger partial charge in [0.25, 0.3) is 0 Å². The van der Waals surface area contributed by atoms with Crippen molar-refractivity contribution in [2.45, 2.75) is 6.54 Å². The largest absolute Gasteiger partial charge is 0.331 e. The average molecular weight is 338 g/mol. The number of amides is 2. The third kappa shape index (κ3) is 3.74. The number of hydrogen-bond donors (Lipinski definition) is 2. The molecule has 0 bridgehead atoms. The summed E-state index contributed by atoms with van der Waals surface area (Å²) in [4.78, 5) is 19.6. The zero-order valence-electron chi connectivity index (χ0n) is 9.55. The Labute approximate surface area is 121 Å². The van der Waals surface area contributed by atoms with Gasteiger partial charge in [-0.05, 0) is 22.0 Å². The molecular formula is C11H8BrN5OS. The van der Waals surface area contributed by atoms with Crippen molar-refractivity contribution in [3.05, 3.63) is 38.9 Å². The Hall–Kier alpha value is -1.98. The molecular weight excluding hydrogens is 330 g/mol. The molecule has 2 amide bonds. The number of urea groups is 1. The fraction of sp³-hybridized carbons (Fsp3) is 0.0909. The van der Waals surface area contributed by atoms with Gasteiger partial charge in [0, 0.05) is 17.8 Å². The maximum Gasteiger partial charge on any atom is 0.320 e. The predicted molar refractivity (Wildman–Crippen MR) is 74.6 cm³/mol. The fourth-order valence-corrected chi connectivity index (χ4v) is 2.11. The molecule has 2 heterocycles. The number of nitrogens with one attached hydrogen (secondary N) is 2. The van der Waals surface area contributed by atoms with E-state index in [1.807, 2.05) is 11.4 Å². The van der Waals surface area contributed by atoms with Gasteiger partial charge in [0.05, 0.1) is 16.6 Å². The smallest absolute Gasteiger partial charge is 0.320 e. The number of anilines is 1. The summed E-state index contributed by atoms with van der Waals surface area (Å²) in [6.45, 7) is 0.352. The van der Waals surface area contributed by atoms with E-state index < -0.39 is 6.03 Å². The Morgan fingerprint density at radius 2 is 2.37 bits per heavy atom. The van der Waals surface area contributed by atoms with Crippen molar-refractivity contribution in [3.8, 4) is 6.07 Å². The minimum absolute atomic E-state index is 0.316. The van der Waals surface area contributed by atoms with Crippen molar-refractivity contribution in [2.24, 2.45) is 0 Å². The molecule has 2 rings (SSSR count). The van der Waals surface area contributed by atoms with Crippen molar-refractivity contribution >= 4 is 39.1 Å². The number of thiazole rings is 1. The van der Waals surface area contributed by atoms with Crippen LogP contribution in [-0.2, 0) is 6.54 Å². The third-order valence-corrected chi connectivity index (χ3v) is 3.51. The van der Waals surface area contributed by atoms with Gasteiger partial charge in [-0.15, -0.1) is 11.3 Å². The normalized spacial score (nSPS) is 9.68. The molecule has 0 spiro atoms.